The van der Waals surface area contributed by atoms with E-state index in [0.717, 1.165) is 35.4 Å². The zero-order valence-electron chi connectivity index (χ0n) is 17.2. The molecule has 0 aliphatic heterocycles. The lowest BCUT2D eigenvalue weighted by molar-refractivity contribution is 0.0694. The fourth-order valence-electron chi connectivity index (χ4n) is 3.75. The standard InChI is InChI=1S/C22H28N2O4/c1-6-7-8-28-17-10-13-9-16(22(3,4)5)14-11-15(21(26)27)20(25)24-19(14)18(13)23-12(17)2/h10-11,16H,6-9H2,1-5H3,(H,24,25)(H,26,27). The number of hydrogen-bond acceptors (Lipinski definition) is 4. The van der Waals surface area contributed by atoms with Crippen LogP contribution in [0.2, 0.25) is 0 Å². The van der Waals surface area contributed by atoms with Gasteiger partial charge >= 0.3 is 5.97 Å². The molecule has 0 amide bonds. The first-order valence-corrected chi connectivity index (χ1v) is 9.77. The number of rotatable bonds is 5. The largest absolute Gasteiger partial charge is 0.492 e. The van der Waals surface area contributed by atoms with Gasteiger partial charge in [-0.05, 0) is 54.4 Å². The van der Waals surface area contributed by atoms with Crippen molar-refractivity contribution in [3.8, 4) is 17.1 Å². The van der Waals surface area contributed by atoms with Crippen LogP contribution in [-0.4, -0.2) is 27.7 Å². The normalized spacial score (nSPS) is 15.7. The molecule has 6 nitrogen and oxygen atoms in total. The van der Waals surface area contributed by atoms with E-state index in [0.29, 0.717) is 24.4 Å². The minimum absolute atomic E-state index is 0.0537. The highest BCUT2D eigenvalue weighted by atomic mass is 16.5. The number of fused-ring (bicyclic) bond motifs is 3. The van der Waals surface area contributed by atoms with Crippen LogP contribution in [0.15, 0.2) is 16.9 Å². The number of hydrogen-bond donors (Lipinski definition) is 2. The Balaban J connectivity index is 2.18. The first kappa shape index (κ1) is 20.1. The van der Waals surface area contributed by atoms with E-state index in [9.17, 15) is 14.7 Å². The number of nitrogens with one attached hydrogen (secondary N) is 1. The fourth-order valence-corrected chi connectivity index (χ4v) is 3.75. The topological polar surface area (TPSA) is 92.3 Å². The molecule has 0 fully saturated rings. The number of unbranched alkanes of at least 4 members (excludes halogenated alkanes) is 1. The van der Waals surface area contributed by atoms with Gasteiger partial charge in [-0.25, -0.2) is 9.78 Å². The van der Waals surface area contributed by atoms with Crippen molar-refractivity contribution in [1.82, 2.24) is 9.97 Å². The fraction of sp³-hybridized carbons (Fsp3) is 0.500. The molecular weight excluding hydrogens is 356 g/mol. The average molecular weight is 384 g/mol. The Morgan fingerprint density at radius 2 is 2.07 bits per heavy atom. The van der Waals surface area contributed by atoms with Crippen molar-refractivity contribution in [2.45, 2.75) is 59.8 Å². The molecule has 1 unspecified atom stereocenters. The molecule has 0 aromatic carbocycles. The van der Waals surface area contributed by atoms with Crippen LogP contribution >= 0.6 is 0 Å². The van der Waals surface area contributed by atoms with Gasteiger partial charge < -0.3 is 14.8 Å². The highest BCUT2D eigenvalue weighted by molar-refractivity contribution is 5.88. The minimum atomic E-state index is -1.22. The number of carboxylic acid groups (broad SMARTS) is 1. The quantitative estimate of drug-likeness (QED) is 0.750. The molecule has 0 saturated heterocycles. The van der Waals surface area contributed by atoms with E-state index in [1.807, 2.05) is 13.0 Å². The molecular formula is C22H28N2O4. The molecule has 1 aliphatic carbocycles. The number of aromatic nitrogens is 2. The van der Waals surface area contributed by atoms with E-state index in [4.69, 9.17) is 9.72 Å². The third kappa shape index (κ3) is 3.68. The van der Waals surface area contributed by atoms with Crippen molar-refractivity contribution in [2.75, 3.05) is 6.61 Å². The summed E-state index contributed by atoms with van der Waals surface area (Å²) >= 11 is 0. The maximum absolute atomic E-state index is 12.3. The molecule has 150 valence electrons. The van der Waals surface area contributed by atoms with E-state index in [-0.39, 0.29) is 16.9 Å². The highest BCUT2D eigenvalue weighted by Crippen LogP contribution is 2.46. The molecule has 0 bridgehead atoms. The molecule has 1 atom stereocenters. The molecule has 6 heteroatoms. The van der Waals surface area contributed by atoms with Crippen LogP contribution in [-0.2, 0) is 6.42 Å². The Hall–Kier alpha value is -2.63. The number of carboxylic acids is 1. The molecule has 0 spiro atoms. The molecule has 1 aliphatic rings. The van der Waals surface area contributed by atoms with Gasteiger partial charge in [-0.3, -0.25) is 4.79 Å². The van der Waals surface area contributed by atoms with E-state index >= 15 is 0 Å². The van der Waals surface area contributed by atoms with Crippen molar-refractivity contribution in [1.29, 1.82) is 0 Å². The lowest BCUT2D eigenvalue weighted by Crippen LogP contribution is -2.29. The van der Waals surface area contributed by atoms with Gasteiger partial charge in [0.25, 0.3) is 5.56 Å². The maximum atomic E-state index is 12.3. The summed E-state index contributed by atoms with van der Waals surface area (Å²) in [6.07, 6.45) is 2.76. The van der Waals surface area contributed by atoms with Crippen molar-refractivity contribution >= 4 is 5.97 Å². The maximum Gasteiger partial charge on any atom is 0.341 e. The Bertz CT molecular complexity index is 970. The first-order chi connectivity index (χ1) is 13.1. The highest BCUT2D eigenvalue weighted by Gasteiger charge is 2.36. The van der Waals surface area contributed by atoms with Crippen LogP contribution in [0.5, 0.6) is 5.75 Å². The SMILES string of the molecule is CCCCOc1cc2c(nc1C)-c1[nH]c(=O)c(C(=O)O)cc1C(C(C)(C)C)C2. The Morgan fingerprint density at radius 3 is 2.68 bits per heavy atom. The molecule has 2 N–H and O–H groups in total. The number of H-pyrrole nitrogens is 1. The summed E-state index contributed by atoms with van der Waals surface area (Å²) < 4.78 is 5.91. The predicted molar refractivity (Wildman–Crippen MR) is 108 cm³/mol. The molecule has 0 radical (unpaired) electrons. The second-order valence-electron chi connectivity index (χ2n) is 8.55. The van der Waals surface area contributed by atoms with Crippen LogP contribution in [0.25, 0.3) is 11.4 Å². The van der Waals surface area contributed by atoms with E-state index in [2.05, 4.69) is 32.7 Å². The average Bonchev–Trinajstić information content (AvgIpc) is 2.60. The summed E-state index contributed by atoms with van der Waals surface area (Å²) in [5.74, 6) is -0.392. The van der Waals surface area contributed by atoms with Crippen molar-refractivity contribution in [3.05, 3.63) is 44.9 Å². The van der Waals surface area contributed by atoms with Crippen LogP contribution in [0.3, 0.4) is 0 Å². The van der Waals surface area contributed by atoms with E-state index in [1.165, 1.54) is 6.07 Å². The molecule has 28 heavy (non-hydrogen) atoms. The number of aromatic amines is 1. The summed E-state index contributed by atoms with van der Waals surface area (Å²) in [5.41, 5.74) is 3.01. The first-order valence-electron chi connectivity index (χ1n) is 9.77. The third-order valence-electron chi connectivity index (χ3n) is 5.38. The summed E-state index contributed by atoms with van der Waals surface area (Å²) in [4.78, 5) is 31.3. The molecule has 0 saturated carbocycles. The summed E-state index contributed by atoms with van der Waals surface area (Å²) in [6, 6.07) is 3.55. The van der Waals surface area contributed by atoms with Crippen LogP contribution in [0, 0.1) is 12.3 Å². The van der Waals surface area contributed by atoms with Gasteiger partial charge in [0.05, 0.1) is 23.7 Å². The summed E-state index contributed by atoms with van der Waals surface area (Å²) in [7, 11) is 0. The Kier molecular flexibility index (Phi) is 5.33. The van der Waals surface area contributed by atoms with Crippen molar-refractivity contribution in [2.24, 2.45) is 5.41 Å². The minimum Gasteiger partial charge on any atom is -0.492 e. The molecule has 3 rings (SSSR count). The van der Waals surface area contributed by atoms with E-state index < -0.39 is 11.5 Å². The summed E-state index contributed by atoms with van der Waals surface area (Å²) in [6.45, 7) is 11.0. The van der Waals surface area contributed by atoms with Gasteiger partial charge in [0.2, 0.25) is 0 Å². The van der Waals surface area contributed by atoms with Crippen LogP contribution in [0.4, 0.5) is 0 Å². The predicted octanol–water partition coefficient (Wildman–Crippen LogP) is 4.31. The zero-order valence-corrected chi connectivity index (χ0v) is 17.2. The Labute approximate surface area is 165 Å². The van der Waals surface area contributed by atoms with Gasteiger partial charge in [0.15, 0.2) is 0 Å². The molecule has 2 heterocycles. The van der Waals surface area contributed by atoms with Gasteiger partial charge in [0.1, 0.15) is 11.3 Å². The number of ether oxygens (including phenoxy) is 1. The van der Waals surface area contributed by atoms with Crippen LogP contribution in [0.1, 0.15) is 73.6 Å². The van der Waals surface area contributed by atoms with Gasteiger partial charge in [-0.15, -0.1) is 0 Å². The van der Waals surface area contributed by atoms with Crippen molar-refractivity contribution < 1.29 is 14.6 Å². The monoisotopic (exact) mass is 384 g/mol. The second kappa shape index (κ2) is 7.41. The number of nitrogens with zero attached hydrogens (tertiary/aromatic N) is 1. The van der Waals surface area contributed by atoms with Gasteiger partial charge in [-0.1, -0.05) is 34.1 Å². The zero-order chi connectivity index (χ0) is 20.6. The number of aromatic carboxylic acids is 1. The number of aryl methyl sites for hydroxylation is 1. The van der Waals surface area contributed by atoms with Gasteiger partial charge in [0, 0.05) is 0 Å². The van der Waals surface area contributed by atoms with Crippen molar-refractivity contribution in [3.63, 3.8) is 0 Å². The smallest absolute Gasteiger partial charge is 0.341 e. The summed E-state index contributed by atoms with van der Waals surface area (Å²) in [5, 5.41) is 9.38. The number of carbonyl (C=O) groups is 1. The van der Waals surface area contributed by atoms with Gasteiger partial charge in [-0.2, -0.15) is 0 Å². The van der Waals surface area contributed by atoms with Crippen LogP contribution < -0.4 is 10.3 Å². The lowest BCUT2D eigenvalue weighted by atomic mass is 9.69. The molecule has 2 aromatic heterocycles. The number of pyridine rings is 2. The van der Waals surface area contributed by atoms with E-state index in [1.54, 1.807) is 0 Å². The Morgan fingerprint density at radius 1 is 1.36 bits per heavy atom. The lowest BCUT2D eigenvalue weighted by Gasteiger charge is -2.36. The third-order valence-corrected chi connectivity index (χ3v) is 5.38. The molecule has 2 aromatic rings. The second-order valence-corrected chi connectivity index (χ2v) is 8.55.